The summed E-state index contributed by atoms with van der Waals surface area (Å²) in [6, 6.07) is 14.4. The number of pyridine rings is 1. The lowest BCUT2D eigenvalue weighted by Gasteiger charge is -2.34. The molecule has 0 amide bonds. The molecule has 152 valence electrons. The van der Waals surface area contributed by atoms with Crippen LogP contribution >= 0.6 is 0 Å². The summed E-state index contributed by atoms with van der Waals surface area (Å²) in [4.78, 5) is 18.5. The van der Waals surface area contributed by atoms with E-state index in [9.17, 15) is 0 Å². The smallest absolute Gasteiger partial charge is 0.227 e. The summed E-state index contributed by atoms with van der Waals surface area (Å²) in [5.74, 6) is 0.587. The Balaban J connectivity index is 1.41. The standard InChI is InChI=1S/C23H25N7/c1-28-11-13-30(14-12-28)18-6-3-5-17(15-18)26-23-25-10-8-21(27-23)20-16-29(2)22-19(20)7-4-9-24-22/h3-10,15-16H,11-14H2,1-2H3,(H,25,26,27). The Bertz CT molecular complexity index is 1180. The Hall–Kier alpha value is -3.45. The number of piperazine rings is 1. The lowest BCUT2D eigenvalue weighted by Crippen LogP contribution is -2.44. The highest BCUT2D eigenvalue weighted by Gasteiger charge is 2.15. The van der Waals surface area contributed by atoms with E-state index in [1.807, 2.05) is 29.9 Å². The van der Waals surface area contributed by atoms with Crippen LogP contribution in [-0.4, -0.2) is 57.6 Å². The zero-order chi connectivity index (χ0) is 20.5. The van der Waals surface area contributed by atoms with E-state index in [0.29, 0.717) is 5.95 Å². The maximum Gasteiger partial charge on any atom is 0.227 e. The number of benzene rings is 1. The Morgan fingerprint density at radius 2 is 1.77 bits per heavy atom. The van der Waals surface area contributed by atoms with Crippen LogP contribution in [0.1, 0.15) is 0 Å². The number of likely N-dealkylation sites (N-methyl/N-ethyl adjacent to an activating group) is 1. The van der Waals surface area contributed by atoms with Crippen LogP contribution < -0.4 is 10.2 Å². The number of fused-ring (bicyclic) bond motifs is 1. The van der Waals surface area contributed by atoms with Crippen molar-refractivity contribution in [1.82, 2.24) is 24.4 Å². The van der Waals surface area contributed by atoms with Crippen molar-refractivity contribution in [2.75, 3.05) is 43.4 Å². The van der Waals surface area contributed by atoms with Crippen LogP contribution in [0.5, 0.6) is 0 Å². The fraction of sp³-hybridized carbons (Fsp3) is 0.261. The van der Waals surface area contributed by atoms with Crippen molar-refractivity contribution >= 4 is 28.4 Å². The largest absolute Gasteiger partial charge is 0.369 e. The Morgan fingerprint density at radius 3 is 2.63 bits per heavy atom. The number of nitrogens with zero attached hydrogens (tertiary/aromatic N) is 6. The fourth-order valence-electron chi connectivity index (χ4n) is 3.96. The molecule has 4 aromatic rings. The quantitative estimate of drug-likeness (QED) is 0.567. The van der Waals surface area contributed by atoms with Crippen LogP contribution in [0.25, 0.3) is 22.3 Å². The maximum absolute atomic E-state index is 4.77. The molecule has 3 aromatic heterocycles. The molecule has 5 rings (SSSR count). The predicted molar refractivity (Wildman–Crippen MR) is 121 cm³/mol. The third kappa shape index (κ3) is 3.59. The van der Waals surface area contributed by atoms with Gasteiger partial charge in [-0.2, -0.15) is 0 Å². The van der Waals surface area contributed by atoms with E-state index < -0.39 is 0 Å². The van der Waals surface area contributed by atoms with Gasteiger partial charge in [0.15, 0.2) is 0 Å². The molecule has 0 spiro atoms. The van der Waals surface area contributed by atoms with Gasteiger partial charge in [0.2, 0.25) is 5.95 Å². The maximum atomic E-state index is 4.77. The van der Waals surface area contributed by atoms with Gasteiger partial charge in [0.25, 0.3) is 0 Å². The van der Waals surface area contributed by atoms with Gasteiger partial charge in [-0.1, -0.05) is 6.07 Å². The molecule has 1 aliphatic heterocycles. The second kappa shape index (κ2) is 7.76. The number of hydrogen-bond acceptors (Lipinski definition) is 6. The molecular weight excluding hydrogens is 374 g/mol. The Morgan fingerprint density at radius 1 is 0.900 bits per heavy atom. The zero-order valence-corrected chi connectivity index (χ0v) is 17.3. The molecule has 7 nitrogen and oxygen atoms in total. The van der Waals surface area contributed by atoms with Crippen LogP contribution in [0.4, 0.5) is 17.3 Å². The number of hydrogen-bond donors (Lipinski definition) is 1. The zero-order valence-electron chi connectivity index (χ0n) is 17.3. The first-order valence-electron chi connectivity index (χ1n) is 10.2. The van der Waals surface area contributed by atoms with Gasteiger partial charge < -0.3 is 19.7 Å². The first-order valence-corrected chi connectivity index (χ1v) is 10.2. The third-order valence-electron chi connectivity index (χ3n) is 5.64. The highest BCUT2D eigenvalue weighted by atomic mass is 15.2. The van der Waals surface area contributed by atoms with Gasteiger partial charge in [-0.25, -0.2) is 15.0 Å². The second-order valence-electron chi connectivity index (χ2n) is 7.76. The molecule has 4 heterocycles. The van der Waals surface area contributed by atoms with Gasteiger partial charge in [0, 0.05) is 74.1 Å². The van der Waals surface area contributed by atoms with Gasteiger partial charge in [0.05, 0.1) is 5.69 Å². The van der Waals surface area contributed by atoms with Crippen LogP contribution in [0.2, 0.25) is 0 Å². The molecule has 0 saturated carbocycles. The normalized spacial score (nSPS) is 14.9. The van der Waals surface area contributed by atoms with Crippen molar-refractivity contribution < 1.29 is 0 Å². The van der Waals surface area contributed by atoms with Gasteiger partial charge in [0.1, 0.15) is 5.65 Å². The van der Waals surface area contributed by atoms with Crippen LogP contribution in [0, 0.1) is 0 Å². The molecule has 1 aromatic carbocycles. The Kier molecular flexibility index (Phi) is 4.80. The van der Waals surface area contributed by atoms with Gasteiger partial charge in [-0.3, -0.25) is 0 Å². The van der Waals surface area contributed by atoms with Crippen LogP contribution in [-0.2, 0) is 7.05 Å². The fourth-order valence-corrected chi connectivity index (χ4v) is 3.96. The molecule has 1 fully saturated rings. The minimum Gasteiger partial charge on any atom is -0.369 e. The molecule has 1 N–H and O–H groups in total. The van der Waals surface area contributed by atoms with E-state index in [-0.39, 0.29) is 0 Å². The highest BCUT2D eigenvalue weighted by Crippen LogP contribution is 2.29. The molecule has 30 heavy (non-hydrogen) atoms. The number of aromatic nitrogens is 4. The van der Waals surface area contributed by atoms with Crippen molar-refractivity contribution in [2.45, 2.75) is 0 Å². The first kappa shape index (κ1) is 18.6. The van der Waals surface area contributed by atoms with Crippen molar-refractivity contribution in [1.29, 1.82) is 0 Å². The number of anilines is 3. The summed E-state index contributed by atoms with van der Waals surface area (Å²) in [6.07, 6.45) is 5.68. The van der Waals surface area contributed by atoms with E-state index in [4.69, 9.17) is 4.98 Å². The molecule has 1 saturated heterocycles. The summed E-state index contributed by atoms with van der Waals surface area (Å²) < 4.78 is 2.03. The minimum absolute atomic E-state index is 0.587. The molecule has 0 aliphatic carbocycles. The number of rotatable bonds is 4. The van der Waals surface area contributed by atoms with Crippen molar-refractivity contribution in [3.8, 4) is 11.3 Å². The Labute approximate surface area is 176 Å². The number of aryl methyl sites for hydroxylation is 1. The number of nitrogens with one attached hydrogen (secondary N) is 1. The van der Waals surface area contributed by atoms with E-state index >= 15 is 0 Å². The lowest BCUT2D eigenvalue weighted by molar-refractivity contribution is 0.313. The van der Waals surface area contributed by atoms with Gasteiger partial charge >= 0.3 is 0 Å². The molecule has 0 unspecified atom stereocenters. The molecule has 0 bridgehead atoms. The van der Waals surface area contributed by atoms with Crippen LogP contribution in [0.3, 0.4) is 0 Å². The van der Waals surface area contributed by atoms with E-state index in [0.717, 1.165) is 54.2 Å². The molecule has 0 atom stereocenters. The summed E-state index contributed by atoms with van der Waals surface area (Å²) in [6.45, 7) is 4.26. The monoisotopic (exact) mass is 399 g/mol. The summed E-state index contributed by atoms with van der Waals surface area (Å²) in [5, 5.41) is 4.46. The van der Waals surface area contributed by atoms with E-state index in [1.165, 1.54) is 5.69 Å². The lowest BCUT2D eigenvalue weighted by atomic mass is 10.1. The van der Waals surface area contributed by atoms with Crippen molar-refractivity contribution in [2.24, 2.45) is 7.05 Å². The van der Waals surface area contributed by atoms with E-state index in [2.05, 4.69) is 68.7 Å². The summed E-state index contributed by atoms with van der Waals surface area (Å²) in [5.41, 5.74) is 5.09. The summed E-state index contributed by atoms with van der Waals surface area (Å²) >= 11 is 0. The SMILES string of the molecule is CN1CCN(c2cccc(Nc3nccc(-c4cn(C)c5ncccc45)n3)c2)CC1. The average Bonchev–Trinajstić information content (AvgIpc) is 3.12. The van der Waals surface area contributed by atoms with E-state index in [1.54, 1.807) is 6.20 Å². The average molecular weight is 400 g/mol. The van der Waals surface area contributed by atoms with Crippen molar-refractivity contribution in [3.05, 3.63) is 61.1 Å². The van der Waals surface area contributed by atoms with Gasteiger partial charge in [-0.05, 0) is 43.4 Å². The second-order valence-corrected chi connectivity index (χ2v) is 7.76. The van der Waals surface area contributed by atoms with Gasteiger partial charge in [-0.15, -0.1) is 0 Å². The molecule has 7 heteroatoms. The first-order chi connectivity index (χ1) is 14.7. The molecular formula is C23H25N7. The summed E-state index contributed by atoms with van der Waals surface area (Å²) in [7, 11) is 4.18. The van der Waals surface area contributed by atoms with Crippen LogP contribution in [0.15, 0.2) is 61.1 Å². The predicted octanol–water partition coefficient (Wildman–Crippen LogP) is 3.53. The highest BCUT2D eigenvalue weighted by molar-refractivity contribution is 5.93. The topological polar surface area (TPSA) is 62.1 Å². The minimum atomic E-state index is 0.587. The third-order valence-corrected chi connectivity index (χ3v) is 5.64. The van der Waals surface area contributed by atoms with Crippen molar-refractivity contribution in [3.63, 3.8) is 0 Å². The molecule has 1 aliphatic rings. The molecule has 0 radical (unpaired) electrons.